The SMILES string of the molecule is COc1cc([C@H]2NC(=S)NC(C)=C2C(C)=O)ccc1OC1CCCC1. The number of methoxy groups -OCH3 is 1. The van der Waals surface area contributed by atoms with Gasteiger partial charge >= 0.3 is 0 Å². The summed E-state index contributed by atoms with van der Waals surface area (Å²) in [6.07, 6.45) is 4.87. The number of rotatable bonds is 5. The summed E-state index contributed by atoms with van der Waals surface area (Å²) in [6.45, 7) is 3.43. The average molecular weight is 360 g/mol. The second kappa shape index (κ2) is 7.44. The van der Waals surface area contributed by atoms with Gasteiger partial charge in [0, 0.05) is 11.3 Å². The number of hydrogen-bond donors (Lipinski definition) is 2. The van der Waals surface area contributed by atoms with Gasteiger partial charge in [0.15, 0.2) is 22.4 Å². The van der Waals surface area contributed by atoms with Gasteiger partial charge in [-0.3, -0.25) is 4.79 Å². The second-order valence-corrected chi connectivity index (χ2v) is 6.97. The summed E-state index contributed by atoms with van der Waals surface area (Å²) in [5, 5.41) is 6.72. The Morgan fingerprint density at radius 1 is 1.24 bits per heavy atom. The Morgan fingerprint density at radius 3 is 2.60 bits per heavy atom. The minimum Gasteiger partial charge on any atom is -0.493 e. The number of carbonyl (C=O) groups is 1. The van der Waals surface area contributed by atoms with Crippen LogP contribution in [0.3, 0.4) is 0 Å². The van der Waals surface area contributed by atoms with Crippen molar-refractivity contribution in [3.8, 4) is 11.5 Å². The minimum atomic E-state index is -0.291. The zero-order valence-electron chi connectivity index (χ0n) is 14.8. The number of benzene rings is 1. The fraction of sp³-hybridized carbons (Fsp3) is 0.474. The molecule has 3 rings (SSSR count). The highest BCUT2D eigenvalue weighted by atomic mass is 32.1. The van der Waals surface area contributed by atoms with Crippen molar-refractivity contribution in [1.82, 2.24) is 10.6 Å². The van der Waals surface area contributed by atoms with Crippen LogP contribution in [0.1, 0.15) is 51.1 Å². The van der Waals surface area contributed by atoms with E-state index < -0.39 is 0 Å². The van der Waals surface area contributed by atoms with Crippen molar-refractivity contribution in [3.63, 3.8) is 0 Å². The number of Topliss-reactive ketones (excluding diaryl/α,β-unsaturated/α-hetero) is 1. The Kier molecular flexibility index (Phi) is 5.27. The van der Waals surface area contributed by atoms with Crippen molar-refractivity contribution in [1.29, 1.82) is 0 Å². The van der Waals surface area contributed by atoms with E-state index >= 15 is 0 Å². The van der Waals surface area contributed by atoms with Crippen molar-refractivity contribution < 1.29 is 14.3 Å². The predicted octanol–water partition coefficient (Wildman–Crippen LogP) is 3.40. The summed E-state index contributed by atoms with van der Waals surface area (Å²) < 4.78 is 11.6. The highest BCUT2D eigenvalue weighted by molar-refractivity contribution is 7.80. The standard InChI is InChI=1S/C19H24N2O3S/c1-11-17(12(2)22)18(21-19(25)20-11)13-8-9-15(16(10-13)23-3)24-14-6-4-5-7-14/h8-10,14,18H,4-7H2,1-3H3,(H2,20,21,25)/t18-/m1/s1. The molecule has 0 unspecified atom stereocenters. The highest BCUT2D eigenvalue weighted by Crippen LogP contribution is 2.36. The Bertz CT molecular complexity index is 723. The molecule has 0 amide bonds. The van der Waals surface area contributed by atoms with Crippen LogP contribution in [0.5, 0.6) is 11.5 Å². The molecule has 1 atom stereocenters. The summed E-state index contributed by atoms with van der Waals surface area (Å²) in [6, 6.07) is 5.52. The number of ketones is 1. The summed E-state index contributed by atoms with van der Waals surface area (Å²) in [4.78, 5) is 12.1. The number of ether oxygens (including phenoxy) is 2. The van der Waals surface area contributed by atoms with Gasteiger partial charge in [0.25, 0.3) is 0 Å². The molecule has 0 spiro atoms. The van der Waals surface area contributed by atoms with Crippen molar-refractivity contribution >= 4 is 23.1 Å². The fourth-order valence-corrected chi connectivity index (χ4v) is 3.83. The molecule has 134 valence electrons. The van der Waals surface area contributed by atoms with Crippen LogP contribution >= 0.6 is 12.2 Å². The van der Waals surface area contributed by atoms with E-state index in [0.717, 1.165) is 29.9 Å². The number of carbonyl (C=O) groups excluding carboxylic acids is 1. The van der Waals surface area contributed by atoms with Gasteiger partial charge < -0.3 is 20.1 Å². The van der Waals surface area contributed by atoms with E-state index in [9.17, 15) is 4.79 Å². The van der Waals surface area contributed by atoms with Gasteiger partial charge in [-0.2, -0.15) is 0 Å². The van der Waals surface area contributed by atoms with Crippen LogP contribution in [0.4, 0.5) is 0 Å². The minimum absolute atomic E-state index is 0.00949. The quantitative estimate of drug-likeness (QED) is 0.785. The summed E-state index contributed by atoms with van der Waals surface area (Å²) >= 11 is 5.26. The van der Waals surface area contributed by atoms with Crippen LogP contribution in [0.15, 0.2) is 29.5 Å². The molecule has 6 heteroatoms. The first kappa shape index (κ1) is 17.7. The Hall–Kier alpha value is -2.08. The molecule has 1 heterocycles. The van der Waals surface area contributed by atoms with Crippen molar-refractivity contribution in [2.24, 2.45) is 0 Å². The molecule has 1 aromatic carbocycles. The lowest BCUT2D eigenvalue weighted by atomic mass is 9.93. The van der Waals surface area contributed by atoms with Crippen LogP contribution in [-0.4, -0.2) is 24.1 Å². The zero-order valence-corrected chi connectivity index (χ0v) is 15.7. The summed E-state index contributed by atoms with van der Waals surface area (Å²) in [5.74, 6) is 1.44. The van der Waals surface area contributed by atoms with E-state index in [-0.39, 0.29) is 17.9 Å². The first-order valence-corrected chi connectivity index (χ1v) is 9.04. The van der Waals surface area contributed by atoms with Gasteiger partial charge in [0.2, 0.25) is 0 Å². The van der Waals surface area contributed by atoms with E-state index in [0.29, 0.717) is 16.4 Å². The van der Waals surface area contributed by atoms with E-state index in [1.807, 2.05) is 25.1 Å². The lowest BCUT2D eigenvalue weighted by Gasteiger charge is -2.30. The third-order valence-electron chi connectivity index (χ3n) is 4.77. The molecule has 1 aromatic rings. The molecular formula is C19H24N2O3S. The maximum atomic E-state index is 12.1. The first-order valence-electron chi connectivity index (χ1n) is 8.63. The summed E-state index contributed by atoms with van der Waals surface area (Å²) in [5.41, 5.74) is 2.38. The number of nitrogens with one attached hydrogen (secondary N) is 2. The summed E-state index contributed by atoms with van der Waals surface area (Å²) in [7, 11) is 1.63. The molecule has 2 N–H and O–H groups in total. The topological polar surface area (TPSA) is 59.6 Å². The third-order valence-corrected chi connectivity index (χ3v) is 4.99. The predicted molar refractivity (Wildman–Crippen MR) is 101 cm³/mol. The molecule has 0 aromatic heterocycles. The number of hydrogen-bond acceptors (Lipinski definition) is 4. The monoisotopic (exact) mass is 360 g/mol. The molecule has 1 fully saturated rings. The third kappa shape index (κ3) is 3.79. The number of thiocarbonyl (C=S) groups is 1. The van der Waals surface area contributed by atoms with Crippen molar-refractivity contribution in [3.05, 3.63) is 35.0 Å². The van der Waals surface area contributed by atoms with Crippen LogP contribution in [0, 0.1) is 0 Å². The van der Waals surface area contributed by atoms with Crippen LogP contribution in [0.25, 0.3) is 0 Å². The largest absolute Gasteiger partial charge is 0.493 e. The fourth-order valence-electron chi connectivity index (χ4n) is 3.56. The van der Waals surface area contributed by atoms with Gasteiger partial charge in [-0.1, -0.05) is 6.07 Å². The van der Waals surface area contributed by atoms with E-state index in [4.69, 9.17) is 21.7 Å². The lowest BCUT2D eigenvalue weighted by Crippen LogP contribution is -2.44. The van der Waals surface area contributed by atoms with Gasteiger partial charge in [0.05, 0.1) is 19.3 Å². The molecule has 1 saturated carbocycles. The van der Waals surface area contributed by atoms with Crippen LogP contribution in [0.2, 0.25) is 0 Å². The molecule has 0 saturated heterocycles. The normalized spacial score (nSPS) is 20.9. The van der Waals surface area contributed by atoms with Crippen molar-refractivity contribution in [2.75, 3.05) is 7.11 Å². The Labute approximate surface area is 153 Å². The molecule has 25 heavy (non-hydrogen) atoms. The lowest BCUT2D eigenvalue weighted by molar-refractivity contribution is -0.114. The zero-order chi connectivity index (χ0) is 18.0. The van der Waals surface area contributed by atoms with Gasteiger partial charge in [-0.25, -0.2) is 0 Å². The highest BCUT2D eigenvalue weighted by Gasteiger charge is 2.28. The van der Waals surface area contributed by atoms with Gasteiger partial charge in [-0.05, 0) is 69.4 Å². The van der Waals surface area contributed by atoms with E-state index in [1.54, 1.807) is 14.0 Å². The van der Waals surface area contributed by atoms with Gasteiger partial charge in [0.1, 0.15) is 0 Å². The Balaban J connectivity index is 1.92. The van der Waals surface area contributed by atoms with Crippen LogP contribution in [-0.2, 0) is 4.79 Å². The molecule has 1 aliphatic heterocycles. The molecule has 5 nitrogen and oxygen atoms in total. The second-order valence-electron chi connectivity index (χ2n) is 6.56. The Morgan fingerprint density at radius 2 is 1.96 bits per heavy atom. The smallest absolute Gasteiger partial charge is 0.171 e. The van der Waals surface area contributed by atoms with Gasteiger partial charge in [-0.15, -0.1) is 0 Å². The number of allylic oxidation sites excluding steroid dienone is 1. The van der Waals surface area contributed by atoms with Crippen molar-refractivity contribution in [2.45, 2.75) is 51.7 Å². The molecule has 2 aliphatic rings. The van der Waals surface area contributed by atoms with E-state index in [1.165, 1.54) is 12.8 Å². The average Bonchev–Trinajstić information content (AvgIpc) is 3.07. The van der Waals surface area contributed by atoms with E-state index in [2.05, 4.69) is 10.6 Å². The maximum Gasteiger partial charge on any atom is 0.171 e. The molecule has 0 radical (unpaired) electrons. The molecule has 1 aliphatic carbocycles. The van der Waals surface area contributed by atoms with Crippen LogP contribution < -0.4 is 20.1 Å². The molecular weight excluding hydrogens is 336 g/mol. The first-order chi connectivity index (χ1) is 12.0. The maximum absolute atomic E-state index is 12.1. The molecule has 0 bridgehead atoms.